The van der Waals surface area contributed by atoms with Crippen LogP contribution in [0.4, 0.5) is 9.18 Å². The van der Waals surface area contributed by atoms with Crippen molar-refractivity contribution in [3.63, 3.8) is 0 Å². The van der Waals surface area contributed by atoms with Crippen molar-refractivity contribution in [1.29, 1.82) is 0 Å². The standard InChI is InChI=1S/C20H22FN5O3/c1-12-7-9-20(10-8-12)18(28)26(19(29)23-20)24-17(27)14-11-22-25(13(14)2)16-6-4-3-5-15(16)21/h3-6,11-12H,7-10H2,1-2H3,(H,23,29)(H,24,27). The number of hydrazine groups is 1. The minimum Gasteiger partial charge on any atom is -0.322 e. The maximum absolute atomic E-state index is 14.1. The Morgan fingerprint density at radius 2 is 1.97 bits per heavy atom. The Balaban J connectivity index is 1.54. The number of carbonyl (C=O) groups excluding carboxylic acids is 3. The number of benzene rings is 1. The predicted octanol–water partition coefficient (Wildman–Crippen LogP) is 2.47. The molecular weight excluding hydrogens is 377 g/mol. The molecule has 1 aliphatic carbocycles. The van der Waals surface area contributed by atoms with Crippen molar-refractivity contribution in [3.8, 4) is 5.69 Å². The average Bonchev–Trinajstić information content (AvgIpc) is 3.18. The van der Waals surface area contributed by atoms with Gasteiger partial charge in [-0.05, 0) is 50.7 Å². The molecule has 4 amide bonds. The molecule has 1 saturated carbocycles. The summed E-state index contributed by atoms with van der Waals surface area (Å²) in [6.45, 7) is 3.73. The highest BCUT2D eigenvalue weighted by Crippen LogP contribution is 2.35. The highest BCUT2D eigenvalue weighted by molar-refractivity contribution is 6.09. The summed E-state index contributed by atoms with van der Waals surface area (Å²) in [5.41, 5.74) is 2.18. The number of hydrogen-bond donors (Lipinski definition) is 2. The molecule has 0 radical (unpaired) electrons. The summed E-state index contributed by atoms with van der Waals surface area (Å²) in [5.74, 6) is -1.08. The van der Waals surface area contributed by atoms with Gasteiger partial charge >= 0.3 is 6.03 Å². The van der Waals surface area contributed by atoms with Gasteiger partial charge in [-0.3, -0.25) is 15.0 Å². The Kier molecular flexibility index (Phi) is 4.60. The molecular formula is C20H22FN5O3. The molecule has 8 nitrogen and oxygen atoms in total. The molecule has 0 unspecified atom stereocenters. The molecule has 2 fully saturated rings. The molecule has 2 aromatic rings. The van der Waals surface area contributed by atoms with Crippen molar-refractivity contribution in [2.24, 2.45) is 5.92 Å². The molecule has 1 aromatic carbocycles. The number of imide groups is 1. The third-order valence-corrected chi connectivity index (χ3v) is 5.84. The number of amides is 4. The third kappa shape index (κ3) is 3.16. The molecule has 29 heavy (non-hydrogen) atoms. The molecule has 0 atom stereocenters. The van der Waals surface area contributed by atoms with Crippen LogP contribution in [0, 0.1) is 18.7 Å². The zero-order valence-corrected chi connectivity index (χ0v) is 16.2. The van der Waals surface area contributed by atoms with Crippen molar-refractivity contribution in [3.05, 3.63) is 47.5 Å². The number of nitrogens with one attached hydrogen (secondary N) is 2. The van der Waals surface area contributed by atoms with Crippen LogP contribution in [0.25, 0.3) is 5.69 Å². The van der Waals surface area contributed by atoms with Crippen LogP contribution in [0.3, 0.4) is 0 Å². The number of para-hydroxylation sites is 1. The van der Waals surface area contributed by atoms with Gasteiger partial charge < -0.3 is 5.32 Å². The second kappa shape index (κ2) is 6.98. The summed E-state index contributed by atoms with van der Waals surface area (Å²) in [4.78, 5) is 38.0. The highest BCUT2D eigenvalue weighted by Gasteiger charge is 2.53. The Hall–Kier alpha value is -3.23. The first-order valence-electron chi connectivity index (χ1n) is 9.59. The number of carbonyl (C=O) groups is 3. The van der Waals surface area contributed by atoms with Gasteiger partial charge in [0.2, 0.25) is 0 Å². The molecule has 4 rings (SSSR count). The largest absolute Gasteiger partial charge is 0.344 e. The molecule has 1 spiro atoms. The second-order valence-corrected chi connectivity index (χ2v) is 7.78. The first-order valence-corrected chi connectivity index (χ1v) is 9.59. The number of nitrogens with zero attached hydrogens (tertiary/aromatic N) is 3. The Labute approximate surface area is 167 Å². The van der Waals surface area contributed by atoms with Gasteiger partial charge in [-0.2, -0.15) is 10.1 Å². The average molecular weight is 399 g/mol. The lowest BCUT2D eigenvalue weighted by Gasteiger charge is -2.33. The SMILES string of the molecule is Cc1c(C(=O)NN2C(=O)NC3(CCC(C)CC3)C2=O)cnn1-c1ccccc1F. The molecule has 1 saturated heterocycles. The quantitative estimate of drug-likeness (QED) is 0.775. The number of aromatic nitrogens is 2. The minimum atomic E-state index is -0.941. The molecule has 152 valence electrons. The van der Waals surface area contributed by atoms with E-state index in [4.69, 9.17) is 0 Å². The van der Waals surface area contributed by atoms with Gasteiger partial charge in [0, 0.05) is 0 Å². The van der Waals surface area contributed by atoms with Gasteiger partial charge in [-0.15, -0.1) is 0 Å². The fourth-order valence-corrected chi connectivity index (χ4v) is 3.98. The van der Waals surface area contributed by atoms with E-state index >= 15 is 0 Å². The van der Waals surface area contributed by atoms with Crippen LogP contribution < -0.4 is 10.7 Å². The van der Waals surface area contributed by atoms with E-state index in [0.717, 1.165) is 17.9 Å². The van der Waals surface area contributed by atoms with Crippen molar-refractivity contribution in [2.75, 3.05) is 0 Å². The summed E-state index contributed by atoms with van der Waals surface area (Å²) in [7, 11) is 0. The molecule has 9 heteroatoms. The first-order chi connectivity index (χ1) is 13.8. The van der Waals surface area contributed by atoms with E-state index < -0.39 is 29.2 Å². The van der Waals surface area contributed by atoms with E-state index in [9.17, 15) is 18.8 Å². The van der Waals surface area contributed by atoms with E-state index in [1.54, 1.807) is 25.1 Å². The minimum absolute atomic E-state index is 0.145. The summed E-state index contributed by atoms with van der Waals surface area (Å²) >= 11 is 0. The number of halogens is 1. The number of urea groups is 1. The van der Waals surface area contributed by atoms with Crippen molar-refractivity contribution < 1.29 is 18.8 Å². The number of rotatable bonds is 3. The summed E-state index contributed by atoms with van der Waals surface area (Å²) in [6.07, 6.45) is 4.06. The molecule has 0 bridgehead atoms. The van der Waals surface area contributed by atoms with E-state index in [1.807, 2.05) is 0 Å². The number of hydrogen-bond acceptors (Lipinski definition) is 4. The molecule has 2 heterocycles. The van der Waals surface area contributed by atoms with Gasteiger partial charge in [0.1, 0.15) is 17.0 Å². The Bertz CT molecular complexity index is 994. The van der Waals surface area contributed by atoms with E-state index in [-0.39, 0.29) is 11.3 Å². The summed E-state index contributed by atoms with van der Waals surface area (Å²) < 4.78 is 15.4. The van der Waals surface area contributed by atoms with Crippen LogP contribution in [-0.2, 0) is 4.79 Å². The van der Waals surface area contributed by atoms with Crippen LogP contribution in [-0.4, -0.2) is 38.2 Å². The van der Waals surface area contributed by atoms with Gasteiger partial charge in [0.25, 0.3) is 11.8 Å². The second-order valence-electron chi connectivity index (χ2n) is 7.78. The van der Waals surface area contributed by atoms with Gasteiger partial charge in [-0.1, -0.05) is 19.1 Å². The van der Waals surface area contributed by atoms with Gasteiger partial charge in [-0.25, -0.2) is 13.9 Å². The van der Waals surface area contributed by atoms with E-state index in [1.165, 1.54) is 16.9 Å². The van der Waals surface area contributed by atoms with Crippen LogP contribution in [0.5, 0.6) is 0 Å². The molecule has 2 N–H and O–H groups in total. The smallest absolute Gasteiger partial charge is 0.322 e. The lowest BCUT2D eigenvalue weighted by Crippen LogP contribution is -2.51. The van der Waals surface area contributed by atoms with Gasteiger partial charge in [0.05, 0.1) is 17.5 Å². The fourth-order valence-electron chi connectivity index (χ4n) is 3.98. The van der Waals surface area contributed by atoms with Crippen molar-refractivity contribution >= 4 is 17.8 Å². The summed E-state index contributed by atoms with van der Waals surface area (Å²) in [6, 6.07) is 5.43. The van der Waals surface area contributed by atoms with Crippen molar-refractivity contribution in [2.45, 2.75) is 45.1 Å². The Morgan fingerprint density at radius 3 is 2.66 bits per heavy atom. The van der Waals surface area contributed by atoms with Crippen LogP contribution in [0.2, 0.25) is 0 Å². The van der Waals surface area contributed by atoms with Crippen LogP contribution >= 0.6 is 0 Å². The molecule has 1 aliphatic heterocycles. The highest BCUT2D eigenvalue weighted by atomic mass is 19.1. The van der Waals surface area contributed by atoms with Crippen LogP contribution in [0.15, 0.2) is 30.5 Å². The zero-order chi connectivity index (χ0) is 20.8. The monoisotopic (exact) mass is 399 g/mol. The first kappa shape index (κ1) is 19.1. The lowest BCUT2D eigenvalue weighted by atomic mass is 9.77. The topological polar surface area (TPSA) is 96.3 Å². The van der Waals surface area contributed by atoms with Crippen LogP contribution in [0.1, 0.15) is 48.7 Å². The zero-order valence-electron chi connectivity index (χ0n) is 16.2. The maximum atomic E-state index is 14.1. The predicted molar refractivity (Wildman–Crippen MR) is 101 cm³/mol. The molecule has 1 aromatic heterocycles. The normalized spacial score (nSPS) is 24.1. The van der Waals surface area contributed by atoms with E-state index in [2.05, 4.69) is 22.8 Å². The fraction of sp³-hybridized carbons (Fsp3) is 0.400. The third-order valence-electron chi connectivity index (χ3n) is 5.84. The molecule has 2 aliphatic rings. The van der Waals surface area contributed by atoms with E-state index in [0.29, 0.717) is 24.5 Å². The van der Waals surface area contributed by atoms with Gasteiger partial charge in [0.15, 0.2) is 0 Å². The Morgan fingerprint density at radius 1 is 1.28 bits per heavy atom. The summed E-state index contributed by atoms with van der Waals surface area (Å²) in [5, 5.41) is 7.58. The maximum Gasteiger partial charge on any atom is 0.344 e. The van der Waals surface area contributed by atoms with Crippen molar-refractivity contribution in [1.82, 2.24) is 25.5 Å². The lowest BCUT2D eigenvalue weighted by molar-refractivity contribution is -0.134.